The molecule has 1 heterocycles. The van der Waals surface area contributed by atoms with Gasteiger partial charge in [-0.2, -0.15) is 0 Å². The van der Waals surface area contributed by atoms with Crippen LogP contribution in [-0.2, 0) is 9.53 Å². The van der Waals surface area contributed by atoms with Crippen molar-refractivity contribution < 1.29 is 18.3 Å². The predicted molar refractivity (Wildman–Crippen MR) is 47.3 cm³/mol. The van der Waals surface area contributed by atoms with E-state index in [1.54, 1.807) is 4.90 Å². The van der Waals surface area contributed by atoms with Crippen LogP contribution in [0.5, 0.6) is 0 Å². The molecular formula is C9H15F2NO2. The number of halogens is 2. The highest BCUT2D eigenvalue weighted by molar-refractivity contribution is 5.65. The van der Waals surface area contributed by atoms with Gasteiger partial charge >= 0.3 is 5.97 Å². The summed E-state index contributed by atoms with van der Waals surface area (Å²) in [6.45, 7) is 2.36. The van der Waals surface area contributed by atoms with Crippen LogP contribution in [0, 0.1) is 0 Å². The molecule has 3 nitrogen and oxygen atoms in total. The molecule has 0 spiro atoms. The minimum atomic E-state index is -2.57. The second-order valence-electron chi connectivity index (χ2n) is 3.58. The SMILES string of the molecule is CC(=O)OCCN1CCCC(F)(F)C1. The number of hydrogen-bond donors (Lipinski definition) is 0. The summed E-state index contributed by atoms with van der Waals surface area (Å²) in [5, 5.41) is 0. The molecule has 0 unspecified atom stereocenters. The molecule has 0 atom stereocenters. The number of hydrogen-bond acceptors (Lipinski definition) is 3. The Kier molecular flexibility index (Phi) is 3.80. The van der Waals surface area contributed by atoms with Gasteiger partial charge in [-0.25, -0.2) is 8.78 Å². The first kappa shape index (κ1) is 11.4. The highest BCUT2D eigenvalue weighted by atomic mass is 19.3. The first-order valence-corrected chi connectivity index (χ1v) is 4.73. The molecule has 1 aliphatic heterocycles. The Balaban J connectivity index is 2.21. The van der Waals surface area contributed by atoms with E-state index in [4.69, 9.17) is 0 Å². The zero-order chi connectivity index (χ0) is 10.6. The van der Waals surface area contributed by atoms with Gasteiger partial charge in [0.05, 0.1) is 6.54 Å². The highest BCUT2D eigenvalue weighted by Crippen LogP contribution is 2.25. The van der Waals surface area contributed by atoms with Gasteiger partial charge in [-0.3, -0.25) is 9.69 Å². The summed E-state index contributed by atoms with van der Waals surface area (Å²) in [5.74, 6) is -2.94. The Labute approximate surface area is 82.0 Å². The first-order chi connectivity index (χ1) is 6.49. The molecule has 1 saturated heterocycles. The maximum atomic E-state index is 12.9. The van der Waals surface area contributed by atoms with Crippen molar-refractivity contribution in [3.63, 3.8) is 0 Å². The lowest BCUT2D eigenvalue weighted by Gasteiger charge is -2.31. The van der Waals surface area contributed by atoms with Gasteiger partial charge in [0.1, 0.15) is 6.61 Å². The molecule has 0 N–H and O–H groups in total. The van der Waals surface area contributed by atoms with E-state index in [0.717, 1.165) is 0 Å². The van der Waals surface area contributed by atoms with E-state index < -0.39 is 5.92 Å². The van der Waals surface area contributed by atoms with Crippen LogP contribution >= 0.6 is 0 Å². The molecule has 5 heteroatoms. The number of esters is 1. The van der Waals surface area contributed by atoms with E-state index in [9.17, 15) is 13.6 Å². The fraction of sp³-hybridized carbons (Fsp3) is 0.889. The quantitative estimate of drug-likeness (QED) is 0.653. The zero-order valence-corrected chi connectivity index (χ0v) is 8.26. The average molecular weight is 207 g/mol. The number of likely N-dealkylation sites (tertiary alicyclic amines) is 1. The van der Waals surface area contributed by atoms with Gasteiger partial charge in [-0.15, -0.1) is 0 Å². The molecule has 0 aromatic rings. The van der Waals surface area contributed by atoms with Gasteiger partial charge in [0.25, 0.3) is 5.92 Å². The van der Waals surface area contributed by atoms with Crippen LogP contribution in [0.2, 0.25) is 0 Å². The fourth-order valence-corrected chi connectivity index (χ4v) is 1.56. The molecule has 1 aliphatic rings. The van der Waals surface area contributed by atoms with Crippen LogP contribution in [0.1, 0.15) is 19.8 Å². The predicted octanol–water partition coefficient (Wildman–Crippen LogP) is 1.28. The van der Waals surface area contributed by atoms with E-state index in [2.05, 4.69) is 4.74 Å². The van der Waals surface area contributed by atoms with Crippen molar-refractivity contribution in [2.75, 3.05) is 26.2 Å². The summed E-state index contributed by atoms with van der Waals surface area (Å²) in [5.41, 5.74) is 0. The standard InChI is InChI=1S/C9H15F2NO2/c1-8(13)14-6-5-12-4-2-3-9(10,11)7-12/h2-7H2,1H3. The van der Waals surface area contributed by atoms with Crippen molar-refractivity contribution in [3.8, 4) is 0 Å². The number of alkyl halides is 2. The molecular weight excluding hydrogens is 192 g/mol. The van der Waals surface area contributed by atoms with Gasteiger partial charge < -0.3 is 4.74 Å². The van der Waals surface area contributed by atoms with Crippen LogP contribution in [-0.4, -0.2) is 43.0 Å². The molecule has 0 bridgehead atoms. The summed E-state index contributed by atoms with van der Waals surface area (Å²) in [6, 6.07) is 0. The molecule has 1 rings (SSSR count). The van der Waals surface area contributed by atoms with Crippen LogP contribution in [0.4, 0.5) is 8.78 Å². The third-order valence-electron chi connectivity index (χ3n) is 2.18. The monoisotopic (exact) mass is 207 g/mol. The Bertz CT molecular complexity index is 209. The van der Waals surface area contributed by atoms with Gasteiger partial charge in [-0.1, -0.05) is 0 Å². The van der Waals surface area contributed by atoms with Crippen LogP contribution in [0.15, 0.2) is 0 Å². The second-order valence-corrected chi connectivity index (χ2v) is 3.58. The third kappa shape index (κ3) is 4.00. The van der Waals surface area contributed by atoms with Crippen molar-refractivity contribution >= 4 is 5.97 Å². The molecule has 0 aromatic heterocycles. The van der Waals surface area contributed by atoms with E-state index in [0.29, 0.717) is 19.5 Å². The highest BCUT2D eigenvalue weighted by Gasteiger charge is 2.34. The minimum absolute atomic E-state index is 0.0307. The summed E-state index contributed by atoms with van der Waals surface area (Å²) in [4.78, 5) is 12.1. The average Bonchev–Trinajstić information content (AvgIpc) is 2.01. The number of rotatable bonds is 3. The Morgan fingerprint density at radius 3 is 2.86 bits per heavy atom. The molecule has 0 aromatic carbocycles. The van der Waals surface area contributed by atoms with Crippen LogP contribution < -0.4 is 0 Å². The van der Waals surface area contributed by atoms with Gasteiger partial charge in [0.2, 0.25) is 0 Å². The van der Waals surface area contributed by atoms with E-state index >= 15 is 0 Å². The van der Waals surface area contributed by atoms with E-state index in [-0.39, 0.29) is 25.5 Å². The number of piperidine rings is 1. The van der Waals surface area contributed by atoms with E-state index in [1.807, 2.05) is 0 Å². The molecule has 82 valence electrons. The number of ether oxygens (including phenoxy) is 1. The van der Waals surface area contributed by atoms with Gasteiger partial charge in [0, 0.05) is 19.9 Å². The largest absolute Gasteiger partial charge is 0.465 e. The topological polar surface area (TPSA) is 29.5 Å². The van der Waals surface area contributed by atoms with Crippen LogP contribution in [0.25, 0.3) is 0 Å². The van der Waals surface area contributed by atoms with Crippen molar-refractivity contribution in [2.45, 2.75) is 25.7 Å². The number of carbonyl (C=O) groups excluding carboxylic acids is 1. The first-order valence-electron chi connectivity index (χ1n) is 4.73. The molecule has 1 fully saturated rings. The maximum Gasteiger partial charge on any atom is 0.302 e. The molecule has 0 saturated carbocycles. The summed E-state index contributed by atoms with van der Waals surface area (Å²) >= 11 is 0. The lowest BCUT2D eigenvalue weighted by atomic mass is 10.1. The molecule has 0 aliphatic carbocycles. The Hall–Kier alpha value is -0.710. The summed E-state index contributed by atoms with van der Waals surface area (Å²) < 4.78 is 30.5. The number of carbonyl (C=O) groups is 1. The fourth-order valence-electron chi connectivity index (χ4n) is 1.56. The lowest BCUT2D eigenvalue weighted by Crippen LogP contribution is -2.43. The maximum absolute atomic E-state index is 12.9. The third-order valence-corrected chi connectivity index (χ3v) is 2.18. The van der Waals surface area contributed by atoms with Crippen molar-refractivity contribution in [1.82, 2.24) is 4.90 Å². The normalized spacial score (nSPS) is 21.9. The molecule has 14 heavy (non-hydrogen) atoms. The Morgan fingerprint density at radius 1 is 1.57 bits per heavy atom. The van der Waals surface area contributed by atoms with Crippen LogP contribution in [0.3, 0.4) is 0 Å². The lowest BCUT2D eigenvalue weighted by molar-refractivity contribution is -0.142. The Morgan fingerprint density at radius 2 is 2.29 bits per heavy atom. The van der Waals surface area contributed by atoms with E-state index in [1.165, 1.54) is 6.92 Å². The minimum Gasteiger partial charge on any atom is -0.465 e. The second kappa shape index (κ2) is 4.68. The summed E-state index contributed by atoms with van der Waals surface area (Å²) in [6.07, 6.45) is 0.476. The van der Waals surface area contributed by atoms with Gasteiger partial charge in [-0.05, 0) is 13.0 Å². The van der Waals surface area contributed by atoms with Gasteiger partial charge in [0.15, 0.2) is 0 Å². The zero-order valence-electron chi connectivity index (χ0n) is 8.26. The van der Waals surface area contributed by atoms with Crippen molar-refractivity contribution in [1.29, 1.82) is 0 Å². The van der Waals surface area contributed by atoms with Crippen molar-refractivity contribution in [2.24, 2.45) is 0 Å². The number of nitrogens with zero attached hydrogens (tertiary/aromatic N) is 1. The molecule has 0 radical (unpaired) electrons. The molecule has 0 amide bonds. The van der Waals surface area contributed by atoms with Crippen molar-refractivity contribution in [3.05, 3.63) is 0 Å². The summed E-state index contributed by atoms with van der Waals surface area (Å²) in [7, 11) is 0. The smallest absolute Gasteiger partial charge is 0.302 e.